The number of aromatic amines is 1. The van der Waals surface area contributed by atoms with Gasteiger partial charge in [0.2, 0.25) is 10.0 Å². The fraction of sp³-hybridized carbons (Fsp3) is 0.407. The number of sulfonamides is 1. The first-order valence-corrected chi connectivity index (χ1v) is 15.3. The highest BCUT2D eigenvalue weighted by atomic mass is 35.5. The summed E-state index contributed by atoms with van der Waals surface area (Å²) in [6.07, 6.45) is 3.64. The molecule has 1 unspecified atom stereocenters. The highest BCUT2D eigenvalue weighted by molar-refractivity contribution is 7.89. The van der Waals surface area contributed by atoms with Gasteiger partial charge in [-0.25, -0.2) is 13.1 Å². The first-order chi connectivity index (χ1) is 19.1. The third-order valence-corrected chi connectivity index (χ3v) is 9.28. The lowest BCUT2D eigenvalue weighted by Gasteiger charge is -2.33. The molecule has 0 radical (unpaired) electrons. The zero-order chi connectivity index (χ0) is 28.4. The molecule has 3 aromatic rings. The van der Waals surface area contributed by atoms with Crippen molar-refractivity contribution >= 4 is 49.9 Å². The van der Waals surface area contributed by atoms with Crippen LogP contribution in [0, 0.1) is 0 Å². The summed E-state index contributed by atoms with van der Waals surface area (Å²) in [6, 6.07) is 9.22. The molecule has 1 atom stereocenters. The number of amides is 1. The van der Waals surface area contributed by atoms with Crippen LogP contribution in [-0.2, 0) is 10.0 Å². The van der Waals surface area contributed by atoms with E-state index in [1.165, 1.54) is 24.4 Å². The van der Waals surface area contributed by atoms with E-state index in [9.17, 15) is 23.1 Å². The Balaban J connectivity index is 1.14. The number of piperidine rings is 1. The minimum atomic E-state index is -3.76. The van der Waals surface area contributed by atoms with Crippen LogP contribution in [-0.4, -0.2) is 73.7 Å². The predicted octanol–water partition coefficient (Wildman–Crippen LogP) is 2.91. The van der Waals surface area contributed by atoms with Gasteiger partial charge in [-0.15, -0.1) is 0 Å². The highest BCUT2D eigenvalue weighted by Gasteiger charge is 2.28. The summed E-state index contributed by atoms with van der Waals surface area (Å²) < 4.78 is 33.7. The highest BCUT2D eigenvalue weighted by Crippen LogP contribution is 2.28. The Hall–Kier alpha value is -2.67. The smallest absolute Gasteiger partial charge is 0.255 e. The molecule has 1 aliphatic heterocycles. The summed E-state index contributed by atoms with van der Waals surface area (Å²) in [5, 5.41) is 14.6. The topological polar surface area (TPSA) is 141 Å². The second-order valence-corrected chi connectivity index (χ2v) is 12.7. The average molecular weight is 610 g/mol. The molecular weight excluding hydrogens is 579 g/mol. The number of hydrogen-bond acceptors (Lipinski definition) is 7. The Kier molecular flexibility index (Phi) is 8.69. The van der Waals surface area contributed by atoms with Gasteiger partial charge in [-0.3, -0.25) is 9.59 Å². The average Bonchev–Trinajstić information content (AvgIpc) is 3.74. The number of hydrogen-bond donors (Lipinski definition) is 4. The molecule has 4 N–H and O–H groups in total. The molecule has 214 valence electrons. The Morgan fingerprint density at radius 2 is 1.82 bits per heavy atom. The van der Waals surface area contributed by atoms with Gasteiger partial charge in [0, 0.05) is 55.3 Å². The van der Waals surface area contributed by atoms with Crippen LogP contribution in [0.3, 0.4) is 0 Å². The maximum atomic E-state index is 12.9. The number of ether oxygens (including phenoxy) is 1. The van der Waals surface area contributed by atoms with E-state index in [0.29, 0.717) is 27.7 Å². The second kappa shape index (κ2) is 12.1. The van der Waals surface area contributed by atoms with E-state index in [2.05, 4.69) is 19.9 Å². The van der Waals surface area contributed by atoms with Gasteiger partial charge in [-0.2, -0.15) is 0 Å². The zero-order valence-corrected chi connectivity index (χ0v) is 23.9. The van der Waals surface area contributed by atoms with Crippen LogP contribution in [0.2, 0.25) is 10.0 Å². The molecule has 1 saturated carbocycles. The number of β-amino-alcohol motifs (C(OH)–C–C–N with tert-alkyl or cyclic N) is 1. The van der Waals surface area contributed by atoms with E-state index in [1.807, 2.05) is 0 Å². The van der Waals surface area contributed by atoms with Crippen molar-refractivity contribution < 1.29 is 23.1 Å². The molecule has 1 aliphatic carbocycles. The Morgan fingerprint density at radius 1 is 1.07 bits per heavy atom. The number of fused-ring (bicyclic) bond motifs is 1. The number of rotatable bonds is 10. The van der Waals surface area contributed by atoms with E-state index in [4.69, 9.17) is 27.9 Å². The summed E-state index contributed by atoms with van der Waals surface area (Å²) >= 11 is 12.0. The molecule has 13 heteroatoms. The largest absolute Gasteiger partial charge is 0.490 e. The number of likely N-dealkylation sites (tertiary alicyclic amines) is 1. The Bertz CT molecular complexity index is 1570. The maximum Gasteiger partial charge on any atom is 0.255 e. The number of nitrogens with zero attached hydrogens (tertiary/aromatic N) is 1. The second-order valence-electron chi connectivity index (χ2n) is 10.2. The van der Waals surface area contributed by atoms with Gasteiger partial charge in [-0.05, 0) is 49.9 Å². The monoisotopic (exact) mass is 608 g/mol. The Labute approximate surface area is 241 Å². The third kappa shape index (κ3) is 6.96. The molecule has 10 nitrogen and oxygen atoms in total. The minimum absolute atomic E-state index is 0.0108. The predicted molar refractivity (Wildman–Crippen MR) is 153 cm³/mol. The molecule has 2 fully saturated rings. The number of carbonyl (C=O) groups is 1. The van der Waals surface area contributed by atoms with Crippen LogP contribution >= 0.6 is 23.2 Å². The number of nitrogens with one attached hydrogen (secondary N) is 3. The van der Waals surface area contributed by atoms with Crippen molar-refractivity contribution in [1.82, 2.24) is 19.9 Å². The van der Waals surface area contributed by atoms with E-state index in [-0.39, 0.29) is 34.5 Å². The zero-order valence-electron chi connectivity index (χ0n) is 21.5. The first kappa shape index (κ1) is 28.8. The number of halogens is 2. The number of pyridine rings is 1. The Morgan fingerprint density at radius 3 is 2.52 bits per heavy atom. The van der Waals surface area contributed by atoms with Gasteiger partial charge in [0.25, 0.3) is 11.5 Å². The number of aromatic nitrogens is 1. The van der Waals surface area contributed by atoms with Crippen molar-refractivity contribution in [3.8, 4) is 5.75 Å². The number of aliphatic hydroxyl groups is 1. The van der Waals surface area contributed by atoms with Gasteiger partial charge < -0.3 is 25.0 Å². The lowest BCUT2D eigenvalue weighted by atomic mass is 10.1. The molecule has 1 saturated heterocycles. The van der Waals surface area contributed by atoms with Crippen LogP contribution in [0.5, 0.6) is 5.75 Å². The van der Waals surface area contributed by atoms with Crippen LogP contribution in [0.15, 0.2) is 52.3 Å². The first-order valence-electron chi connectivity index (χ1n) is 13.1. The van der Waals surface area contributed by atoms with Crippen LogP contribution in [0.1, 0.15) is 36.0 Å². The molecule has 0 bridgehead atoms. The molecule has 2 heterocycles. The minimum Gasteiger partial charge on any atom is -0.490 e. The summed E-state index contributed by atoms with van der Waals surface area (Å²) in [4.78, 5) is 30.0. The third-order valence-electron chi connectivity index (χ3n) is 7.02. The summed E-state index contributed by atoms with van der Waals surface area (Å²) in [6.45, 7) is 1.84. The van der Waals surface area contributed by atoms with E-state index in [0.717, 1.165) is 38.8 Å². The van der Waals surface area contributed by atoms with Crippen molar-refractivity contribution in [2.24, 2.45) is 0 Å². The van der Waals surface area contributed by atoms with Crippen molar-refractivity contribution in [3.05, 3.63) is 68.6 Å². The SMILES string of the molecule is O=C(NCC(O)CN1CCC(Oc2ccc(Cl)c(Cl)c2)CC1)c1c[nH]c(=O)c2cc(S(=O)(=O)NC3CC3)ccc12. The molecule has 2 aromatic carbocycles. The number of H-pyrrole nitrogens is 1. The molecule has 1 amide bonds. The molecule has 40 heavy (non-hydrogen) atoms. The number of benzene rings is 2. The van der Waals surface area contributed by atoms with Gasteiger partial charge >= 0.3 is 0 Å². The fourth-order valence-corrected chi connectivity index (χ4v) is 6.32. The normalized spacial score (nSPS) is 17.6. The molecule has 2 aliphatic rings. The van der Waals surface area contributed by atoms with E-state index < -0.39 is 27.6 Å². The van der Waals surface area contributed by atoms with E-state index >= 15 is 0 Å². The fourth-order valence-electron chi connectivity index (χ4n) is 4.70. The molecule has 5 rings (SSSR count). The standard InChI is InChI=1S/C27H30Cl2N4O6S/c28-24-6-3-19(11-25(24)29)39-18-7-9-33(10-8-18)15-17(34)13-30-27(36)23-14-31-26(35)22-12-20(4-5-21(22)23)40(37,38)32-16-1-2-16/h3-6,11-12,14,16-18,32,34H,1-2,7-10,13,15H2,(H,30,36)(H,31,35). The van der Waals surface area contributed by atoms with Gasteiger partial charge in [0.1, 0.15) is 11.9 Å². The van der Waals surface area contributed by atoms with Crippen LogP contribution in [0.25, 0.3) is 10.8 Å². The summed E-state index contributed by atoms with van der Waals surface area (Å²) in [5.74, 6) is 0.180. The van der Waals surface area contributed by atoms with Crippen LogP contribution < -0.4 is 20.3 Å². The molecule has 0 spiro atoms. The quantitative estimate of drug-likeness (QED) is 0.277. The lowest BCUT2D eigenvalue weighted by Crippen LogP contribution is -2.45. The van der Waals surface area contributed by atoms with E-state index in [1.54, 1.807) is 18.2 Å². The summed E-state index contributed by atoms with van der Waals surface area (Å²) in [7, 11) is -3.76. The van der Waals surface area contributed by atoms with Crippen molar-refractivity contribution in [1.29, 1.82) is 0 Å². The van der Waals surface area contributed by atoms with Crippen molar-refractivity contribution in [3.63, 3.8) is 0 Å². The molecular formula is C27H30Cl2N4O6S. The van der Waals surface area contributed by atoms with Gasteiger partial charge in [-0.1, -0.05) is 29.3 Å². The number of aliphatic hydroxyl groups excluding tert-OH is 1. The van der Waals surface area contributed by atoms with Gasteiger partial charge in [0.05, 0.1) is 26.6 Å². The lowest BCUT2D eigenvalue weighted by molar-refractivity contribution is 0.0594. The van der Waals surface area contributed by atoms with Gasteiger partial charge in [0.15, 0.2) is 0 Å². The number of carbonyl (C=O) groups excluding carboxylic acids is 1. The van der Waals surface area contributed by atoms with Crippen molar-refractivity contribution in [2.75, 3.05) is 26.2 Å². The van der Waals surface area contributed by atoms with Crippen molar-refractivity contribution in [2.45, 2.75) is 48.8 Å². The molecule has 1 aromatic heterocycles. The summed E-state index contributed by atoms with van der Waals surface area (Å²) in [5.41, 5.74) is -0.317. The van der Waals surface area contributed by atoms with Crippen LogP contribution in [0.4, 0.5) is 0 Å². The maximum absolute atomic E-state index is 12.9.